The topological polar surface area (TPSA) is 88.5 Å². The Labute approximate surface area is 119 Å². The van der Waals surface area contributed by atoms with Gasteiger partial charge in [-0.25, -0.2) is 14.2 Å². The molecule has 108 valence electrons. The van der Waals surface area contributed by atoms with Crippen molar-refractivity contribution in [1.29, 1.82) is 0 Å². The third kappa shape index (κ3) is 4.27. The smallest absolute Gasteiger partial charge is 0.354 e. The van der Waals surface area contributed by atoms with Crippen molar-refractivity contribution in [2.45, 2.75) is 0 Å². The van der Waals surface area contributed by atoms with Crippen LogP contribution in [0.5, 0.6) is 5.75 Å². The Bertz CT molecular complexity index is 676. The van der Waals surface area contributed by atoms with Gasteiger partial charge in [-0.3, -0.25) is 4.79 Å². The molecule has 0 spiro atoms. The van der Waals surface area contributed by atoms with E-state index in [1.807, 2.05) is 0 Å². The van der Waals surface area contributed by atoms with Gasteiger partial charge < -0.3 is 15.2 Å². The van der Waals surface area contributed by atoms with Crippen LogP contribution in [0.15, 0.2) is 42.5 Å². The lowest BCUT2D eigenvalue weighted by molar-refractivity contribution is -0.118. The van der Waals surface area contributed by atoms with Crippen molar-refractivity contribution in [3.63, 3.8) is 0 Å². The number of benzene rings is 1. The third-order valence-corrected chi connectivity index (χ3v) is 2.40. The average Bonchev–Trinajstić information content (AvgIpc) is 2.45. The van der Waals surface area contributed by atoms with Gasteiger partial charge in [0.1, 0.15) is 17.4 Å². The lowest BCUT2D eigenvalue weighted by Gasteiger charge is -2.07. The predicted molar refractivity (Wildman–Crippen MR) is 71.7 cm³/mol. The molecule has 2 rings (SSSR count). The Hall–Kier alpha value is -2.96. The van der Waals surface area contributed by atoms with Crippen LogP contribution in [-0.2, 0) is 4.79 Å². The molecule has 0 saturated heterocycles. The van der Waals surface area contributed by atoms with E-state index in [0.29, 0.717) is 0 Å². The van der Waals surface area contributed by atoms with E-state index in [1.165, 1.54) is 36.4 Å². The van der Waals surface area contributed by atoms with Crippen molar-refractivity contribution in [3.05, 3.63) is 54.0 Å². The number of halogens is 1. The molecule has 0 fully saturated rings. The first-order valence-electron chi connectivity index (χ1n) is 5.93. The molecule has 6 nitrogen and oxygen atoms in total. The molecule has 0 bridgehead atoms. The predicted octanol–water partition coefficient (Wildman–Crippen LogP) is 1.94. The zero-order valence-electron chi connectivity index (χ0n) is 10.7. The van der Waals surface area contributed by atoms with Gasteiger partial charge >= 0.3 is 5.97 Å². The van der Waals surface area contributed by atoms with Crippen molar-refractivity contribution >= 4 is 17.7 Å². The number of anilines is 1. The number of aromatic carboxylic acids is 1. The summed E-state index contributed by atoms with van der Waals surface area (Å²) >= 11 is 0. The number of rotatable bonds is 5. The summed E-state index contributed by atoms with van der Waals surface area (Å²) in [6, 6.07) is 9.60. The van der Waals surface area contributed by atoms with Gasteiger partial charge in [0.25, 0.3) is 5.91 Å². The zero-order chi connectivity index (χ0) is 15.2. The molecule has 1 aromatic carbocycles. The summed E-state index contributed by atoms with van der Waals surface area (Å²) in [6.07, 6.45) is 0. The van der Waals surface area contributed by atoms with E-state index in [9.17, 15) is 14.0 Å². The van der Waals surface area contributed by atoms with E-state index in [2.05, 4.69) is 10.3 Å². The maximum Gasteiger partial charge on any atom is 0.354 e. The molecule has 1 heterocycles. The van der Waals surface area contributed by atoms with Crippen LogP contribution < -0.4 is 10.1 Å². The molecule has 2 N–H and O–H groups in total. The van der Waals surface area contributed by atoms with E-state index in [1.54, 1.807) is 0 Å². The number of pyridine rings is 1. The molecule has 2 aromatic rings. The fourth-order valence-electron chi connectivity index (χ4n) is 1.51. The lowest BCUT2D eigenvalue weighted by Crippen LogP contribution is -2.21. The largest absolute Gasteiger partial charge is 0.484 e. The number of carboxylic acids is 1. The molecule has 0 radical (unpaired) electrons. The van der Waals surface area contributed by atoms with Crippen LogP contribution in [-0.4, -0.2) is 28.6 Å². The minimum Gasteiger partial charge on any atom is -0.484 e. The number of amides is 1. The maximum atomic E-state index is 12.9. The Morgan fingerprint density at radius 1 is 1.24 bits per heavy atom. The number of nitrogens with one attached hydrogen (secondary N) is 1. The highest BCUT2D eigenvalue weighted by atomic mass is 19.1. The minimum absolute atomic E-state index is 0.0998. The number of nitrogens with zero attached hydrogens (tertiary/aromatic N) is 1. The van der Waals surface area contributed by atoms with Gasteiger partial charge in [0, 0.05) is 6.07 Å². The number of carboxylic acid groups (broad SMARTS) is 1. The van der Waals surface area contributed by atoms with Gasteiger partial charge in [0.15, 0.2) is 12.3 Å². The molecule has 0 aliphatic rings. The highest BCUT2D eigenvalue weighted by Crippen LogP contribution is 2.12. The van der Waals surface area contributed by atoms with Crippen LogP contribution >= 0.6 is 0 Å². The molecule has 1 amide bonds. The molecular weight excluding hydrogens is 279 g/mol. The van der Waals surface area contributed by atoms with E-state index in [4.69, 9.17) is 9.84 Å². The van der Waals surface area contributed by atoms with Crippen LogP contribution in [0.25, 0.3) is 0 Å². The van der Waals surface area contributed by atoms with Crippen molar-refractivity contribution in [3.8, 4) is 5.75 Å². The van der Waals surface area contributed by atoms with Gasteiger partial charge in [-0.2, -0.15) is 0 Å². The number of carbonyl (C=O) groups is 2. The monoisotopic (exact) mass is 290 g/mol. The van der Waals surface area contributed by atoms with E-state index in [-0.39, 0.29) is 23.9 Å². The molecular formula is C14H11FN2O4. The molecule has 0 atom stereocenters. The molecule has 1 aromatic heterocycles. The molecule has 7 heteroatoms. The Kier molecular flexibility index (Phi) is 4.45. The maximum absolute atomic E-state index is 12.9. The number of hydrogen-bond acceptors (Lipinski definition) is 4. The van der Waals surface area contributed by atoms with Gasteiger partial charge in [-0.1, -0.05) is 12.1 Å². The SMILES string of the molecule is O=C(COc1cccc(F)c1)Nc1cccc(C(=O)O)n1. The molecule has 0 unspecified atom stereocenters. The van der Waals surface area contributed by atoms with Gasteiger partial charge in [-0.15, -0.1) is 0 Å². The second-order valence-corrected chi connectivity index (χ2v) is 4.01. The van der Waals surface area contributed by atoms with Crippen LogP contribution in [0.2, 0.25) is 0 Å². The normalized spacial score (nSPS) is 9.95. The van der Waals surface area contributed by atoms with Crippen molar-refractivity contribution in [2.75, 3.05) is 11.9 Å². The standard InChI is InChI=1S/C14H11FN2O4/c15-9-3-1-4-10(7-9)21-8-13(18)17-12-6-2-5-11(16-12)14(19)20/h1-7H,8H2,(H,19,20)(H,16,17,18). The fourth-order valence-corrected chi connectivity index (χ4v) is 1.51. The van der Waals surface area contributed by atoms with E-state index >= 15 is 0 Å². The zero-order valence-corrected chi connectivity index (χ0v) is 10.7. The van der Waals surface area contributed by atoms with Crippen molar-refractivity contribution < 1.29 is 23.8 Å². The van der Waals surface area contributed by atoms with Crippen LogP contribution in [0.4, 0.5) is 10.2 Å². The Morgan fingerprint density at radius 3 is 2.71 bits per heavy atom. The summed E-state index contributed by atoms with van der Waals surface area (Å²) in [5, 5.41) is 11.2. The first kappa shape index (κ1) is 14.4. The van der Waals surface area contributed by atoms with Crippen LogP contribution in [0, 0.1) is 5.82 Å². The first-order valence-corrected chi connectivity index (χ1v) is 5.93. The second kappa shape index (κ2) is 6.47. The lowest BCUT2D eigenvalue weighted by atomic mass is 10.3. The van der Waals surface area contributed by atoms with E-state index < -0.39 is 17.7 Å². The highest BCUT2D eigenvalue weighted by molar-refractivity contribution is 5.92. The minimum atomic E-state index is -1.19. The summed E-state index contributed by atoms with van der Waals surface area (Å²) in [5.41, 5.74) is -0.182. The van der Waals surface area contributed by atoms with Crippen LogP contribution in [0.3, 0.4) is 0 Å². The molecule has 0 saturated carbocycles. The summed E-state index contributed by atoms with van der Waals surface area (Å²) in [6.45, 7) is -0.345. The number of hydrogen-bond donors (Lipinski definition) is 2. The molecule has 0 aliphatic heterocycles. The molecule has 21 heavy (non-hydrogen) atoms. The van der Waals surface area contributed by atoms with Crippen molar-refractivity contribution in [1.82, 2.24) is 4.98 Å². The van der Waals surface area contributed by atoms with Gasteiger partial charge in [-0.05, 0) is 24.3 Å². The summed E-state index contributed by atoms with van der Waals surface area (Å²) in [7, 11) is 0. The Morgan fingerprint density at radius 2 is 2.00 bits per heavy atom. The summed E-state index contributed by atoms with van der Waals surface area (Å²) < 4.78 is 18.0. The van der Waals surface area contributed by atoms with Gasteiger partial charge in [0.05, 0.1) is 0 Å². The second-order valence-electron chi connectivity index (χ2n) is 4.01. The number of aromatic nitrogens is 1. The van der Waals surface area contributed by atoms with E-state index in [0.717, 1.165) is 6.07 Å². The fraction of sp³-hybridized carbons (Fsp3) is 0.0714. The van der Waals surface area contributed by atoms with Crippen molar-refractivity contribution in [2.24, 2.45) is 0 Å². The first-order chi connectivity index (χ1) is 10.0. The third-order valence-electron chi connectivity index (χ3n) is 2.40. The quantitative estimate of drug-likeness (QED) is 0.878. The number of carbonyl (C=O) groups excluding carboxylic acids is 1. The molecule has 0 aliphatic carbocycles. The highest BCUT2D eigenvalue weighted by Gasteiger charge is 2.08. The van der Waals surface area contributed by atoms with Gasteiger partial charge in [0.2, 0.25) is 0 Å². The average molecular weight is 290 g/mol. The number of ether oxygens (including phenoxy) is 1. The van der Waals surface area contributed by atoms with Crippen LogP contribution in [0.1, 0.15) is 10.5 Å². The summed E-state index contributed by atoms with van der Waals surface area (Å²) in [4.78, 5) is 26.1. The summed E-state index contributed by atoms with van der Waals surface area (Å²) in [5.74, 6) is -1.87. The Balaban J connectivity index is 1.93.